The monoisotopic (exact) mass is 453 g/mol. The minimum Gasteiger partial charge on any atom is -0.490 e. The summed E-state index contributed by atoms with van der Waals surface area (Å²) in [5.74, 6) is 1.50. The quantitative estimate of drug-likeness (QED) is 0.381. The van der Waals surface area contributed by atoms with Crippen molar-refractivity contribution >= 4 is 21.6 Å². The van der Waals surface area contributed by atoms with Crippen LogP contribution in [0.4, 0.5) is 5.69 Å². The molecule has 0 radical (unpaired) electrons. The first kappa shape index (κ1) is 21.3. The predicted molar refractivity (Wildman–Crippen MR) is 124 cm³/mol. The summed E-state index contributed by atoms with van der Waals surface area (Å²) in [5, 5.41) is 3.47. The molecule has 0 heterocycles. The molecule has 0 fully saturated rings. The molecule has 152 valence electrons. The Morgan fingerprint density at radius 3 is 2.17 bits per heavy atom. The van der Waals surface area contributed by atoms with Crippen LogP contribution in [0.2, 0.25) is 0 Å². The number of nitrogens with one attached hydrogen (secondary N) is 1. The van der Waals surface area contributed by atoms with Crippen molar-refractivity contribution in [3.05, 3.63) is 87.4 Å². The van der Waals surface area contributed by atoms with Gasteiger partial charge in [0, 0.05) is 12.2 Å². The smallest absolute Gasteiger partial charge is 0.175 e. The van der Waals surface area contributed by atoms with Gasteiger partial charge >= 0.3 is 0 Å². The zero-order valence-electron chi connectivity index (χ0n) is 17.3. The van der Waals surface area contributed by atoms with Crippen molar-refractivity contribution in [3.63, 3.8) is 0 Å². The van der Waals surface area contributed by atoms with Crippen molar-refractivity contribution < 1.29 is 9.47 Å². The lowest BCUT2D eigenvalue weighted by Gasteiger charge is -2.16. The van der Waals surface area contributed by atoms with E-state index >= 15 is 0 Å². The fourth-order valence-electron chi connectivity index (χ4n) is 3.03. The first-order valence-electron chi connectivity index (χ1n) is 10.1. The maximum Gasteiger partial charge on any atom is 0.175 e. The molecule has 3 aromatic rings. The molecular formula is C25H28BrNO2. The van der Waals surface area contributed by atoms with Gasteiger partial charge < -0.3 is 14.8 Å². The second kappa shape index (κ2) is 10.4. The molecule has 1 N–H and O–H groups in total. The molecule has 3 aromatic carbocycles. The lowest BCUT2D eigenvalue weighted by Crippen LogP contribution is -2.04. The van der Waals surface area contributed by atoms with E-state index in [0.717, 1.165) is 39.2 Å². The Morgan fingerprint density at radius 2 is 1.52 bits per heavy atom. The minimum atomic E-state index is 0.500. The van der Waals surface area contributed by atoms with Crippen LogP contribution in [0.5, 0.6) is 11.5 Å². The highest BCUT2D eigenvalue weighted by molar-refractivity contribution is 9.10. The predicted octanol–water partition coefficient (Wildman–Crippen LogP) is 6.91. The third-order valence-corrected chi connectivity index (χ3v) is 5.32. The third kappa shape index (κ3) is 6.01. The number of halogens is 1. The van der Waals surface area contributed by atoms with Gasteiger partial charge in [0.2, 0.25) is 0 Å². The van der Waals surface area contributed by atoms with Crippen LogP contribution in [0.25, 0.3) is 0 Å². The molecule has 0 saturated heterocycles. The van der Waals surface area contributed by atoms with E-state index in [9.17, 15) is 0 Å². The van der Waals surface area contributed by atoms with Crippen molar-refractivity contribution in [1.29, 1.82) is 0 Å². The molecule has 0 atom stereocenters. The normalized spacial score (nSPS) is 10.6. The van der Waals surface area contributed by atoms with E-state index in [1.807, 2.05) is 13.0 Å². The van der Waals surface area contributed by atoms with E-state index in [2.05, 4.69) is 89.7 Å². The molecule has 0 aliphatic heterocycles. The van der Waals surface area contributed by atoms with Gasteiger partial charge in [-0.1, -0.05) is 48.9 Å². The van der Waals surface area contributed by atoms with E-state index in [4.69, 9.17) is 9.47 Å². The molecule has 0 bridgehead atoms. The maximum atomic E-state index is 6.10. The fourth-order valence-corrected chi connectivity index (χ4v) is 3.63. The summed E-state index contributed by atoms with van der Waals surface area (Å²) in [6.45, 7) is 8.03. The summed E-state index contributed by atoms with van der Waals surface area (Å²) >= 11 is 3.67. The van der Waals surface area contributed by atoms with Gasteiger partial charge in [0.1, 0.15) is 6.61 Å². The van der Waals surface area contributed by atoms with Crippen molar-refractivity contribution in [2.45, 2.75) is 40.3 Å². The number of aryl methyl sites for hydroxylation is 2. The van der Waals surface area contributed by atoms with Gasteiger partial charge in [-0.25, -0.2) is 0 Å². The van der Waals surface area contributed by atoms with Crippen molar-refractivity contribution in [3.8, 4) is 11.5 Å². The Labute approximate surface area is 182 Å². The topological polar surface area (TPSA) is 30.5 Å². The van der Waals surface area contributed by atoms with Gasteiger partial charge in [-0.2, -0.15) is 0 Å². The van der Waals surface area contributed by atoms with Gasteiger partial charge in [0.25, 0.3) is 0 Å². The molecule has 0 spiro atoms. The molecule has 4 heteroatoms. The summed E-state index contributed by atoms with van der Waals surface area (Å²) < 4.78 is 12.9. The van der Waals surface area contributed by atoms with Gasteiger partial charge in [0.15, 0.2) is 11.5 Å². The van der Waals surface area contributed by atoms with Crippen LogP contribution in [0, 0.1) is 6.92 Å². The number of anilines is 1. The number of hydrogen-bond acceptors (Lipinski definition) is 3. The third-order valence-electron chi connectivity index (χ3n) is 4.73. The van der Waals surface area contributed by atoms with Gasteiger partial charge in [-0.15, -0.1) is 0 Å². The highest BCUT2D eigenvalue weighted by Crippen LogP contribution is 2.37. The van der Waals surface area contributed by atoms with Crippen molar-refractivity contribution in [2.24, 2.45) is 0 Å². The zero-order valence-corrected chi connectivity index (χ0v) is 18.9. The van der Waals surface area contributed by atoms with E-state index in [0.29, 0.717) is 19.8 Å². The van der Waals surface area contributed by atoms with Gasteiger partial charge in [0.05, 0.1) is 11.1 Å². The van der Waals surface area contributed by atoms with Crippen molar-refractivity contribution in [1.82, 2.24) is 0 Å². The molecule has 3 nitrogen and oxygen atoms in total. The minimum absolute atomic E-state index is 0.500. The summed E-state index contributed by atoms with van der Waals surface area (Å²) in [4.78, 5) is 0. The molecule has 0 amide bonds. The van der Waals surface area contributed by atoms with Gasteiger partial charge in [-0.3, -0.25) is 0 Å². The standard InChI is InChI=1S/C25H28BrNO2/c1-4-19-10-12-22(13-11-19)27-16-21-14-23(26)25(24(15-21)28-5-2)29-17-20-8-6-18(3)7-9-20/h6-15,27H,4-5,16-17H2,1-3H3. The van der Waals surface area contributed by atoms with Crippen LogP contribution in [0.1, 0.15) is 36.1 Å². The highest BCUT2D eigenvalue weighted by atomic mass is 79.9. The summed E-state index contributed by atoms with van der Waals surface area (Å²) in [7, 11) is 0. The lowest BCUT2D eigenvalue weighted by atomic mass is 10.1. The molecular weight excluding hydrogens is 426 g/mol. The number of hydrogen-bond donors (Lipinski definition) is 1. The largest absolute Gasteiger partial charge is 0.490 e. The second-order valence-electron chi connectivity index (χ2n) is 7.02. The van der Waals surface area contributed by atoms with Crippen LogP contribution in [0.15, 0.2) is 65.1 Å². The molecule has 0 aromatic heterocycles. The first-order valence-corrected chi connectivity index (χ1v) is 10.8. The molecule has 3 rings (SSSR count). The highest BCUT2D eigenvalue weighted by Gasteiger charge is 2.13. The Kier molecular flexibility index (Phi) is 7.59. The van der Waals surface area contributed by atoms with E-state index in [1.165, 1.54) is 11.1 Å². The maximum absolute atomic E-state index is 6.10. The average molecular weight is 454 g/mol. The van der Waals surface area contributed by atoms with Gasteiger partial charge in [-0.05, 0) is 77.2 Å². The van der Waals surface area contributed by atoms with Crippen molar-refractivity contribution in [2.75, 3.05) is 11.9 Å². The Hall–Kier alpha value is -2.46. The summed E-state index contributed by atoms with van der Waals surface area (Å²) in [6, 6.07) is 21.1. The van der Waals surface area contributed by atoms with Crippen LogP contribution < -0.4 is 14.8 Å². The number of benzene rings is 3. The van der Waals surface area contributed by atoms with Crippen LogP contribution in [0.3, 0.4) is 0 Å². The lowest BCUT2D eigenvalue weighted by molar-refractivity contribution is 0.267. The Balaban J connectivity index is 1.71. The van der Waals surface area contributed by atoms with Crippen LogP contribution >= 0.6 is 15.9 Å². The number of ether oxygens (including phenoxy) is 2. The molecule has 29 heavy (non-hydrogen) atoms. The Bertz CT molecular complexity index is 921. The molecule has 0 saturated carbocycles. The average Bonchev–Trinajstić information content (AvgIpc) is 2.73. The van der Waals surface area contributed by atoms with E-state index in [-0.39, 0.29) is 0 Å². The van der Waals surface area contributed by atoms with E-state index < -0.39 is 0 Å². The second-order valence-corrected chi connectivity index (χ2v) is 7.87. The SMILES string of the molecule is CCOc1cc(CNc2ccc(CC)cc2)cc(Br)c1OCc1ccc(C)cc1. The van der Waals surface area contributed by atoms with Crippen LogP contribution in [-0.2, 0) is 19.6 Å². The summed E-state index contributed by atoms with van der Waals surface area (Å²) in [5.41, 5.74) is 5.95. The zero-order chi connectivity index (χ0) is 20.6. The van der Waals surface area contributed by atoms with Crippen LogP contribution in [-0.4, -0.2) is 6.61 Å². The molecule has 0 aliphatic rings. The number of rotatable bonds is 9. The molecule has 0 aliphatic carbocycles. The fraction of sp³-hybridized carbons (Fsp3) is 0.280. The summed E-state index contributed by atoms with van der Waals surface area (Å²) in [6.07, 6.45) is 1.05. The Morgan fingerprint density at radius 1 is 0.828 bits per heavy atom. The molecule has 0 unspecified atom stereocenters. The first-order chi connectivity index (χ1) is 14.1. The van der Waals surface area contributed by atoms with E-state index in [1.54, 1.807) is 0 Å².